The van der Waals surface area contributed by atoms with Gasteiger partial charge in [-0.1, -0.05) is 12.1 Å². The highest BCUT2D eigenvalue weighted by molar-refractivity contribution is 5.77. The molecule has 0 unspecified atom stereocenters. The van der Waals surface area contributed by atoms with Crippen LogP contribution in [0.25, 0.3) is 0 Å². The Hall–Kier alpha value is -3.60. The Bertz CT molecular complexity index is 1030. The number of fused-ring (bicyclic) bond motifs is 1. The fourth-order valence-electron chi connectivity index (χ4n) is 2.53. The van der Waals surface area contributed by atoms with Gasteiger partial charge in [0.25, 0.3) is 0 Å². The highest BCUT2D eigenvalue weighted by Crippen LogP contribution is 2.38. The molecule has 0 fully saturated rings. The highest BCUT2D eigenvalue weighted by atomic mass is 19.4. The molecule has 0 aliphatic carbocycles. The maximum atomic E-state index is 14.0. The van der Waals surface area contributed by atoms with Gasteiger partial charge in [0.15, 0.2) is 17.5 Å². The number of benzene rings is 2. The number of halogens is 4. The predicted octanol–water partition coefficient (Wildman–Crippen LogP) is 4.37. The van der Waals surface area contributed by atoms with Crippen molar-refractivity contribution in [2.45, 2.75) is 6.18 Å². The number of nitrogen functional groups attached to an aromatic ring is 1. The second-order valence-electron chi connectivity index (χ2n) is 5.77. The van der Waals surface area contributed by atoms with Gasteiger partial charge in [-0.2, -0.15) is 18.2 Å². The maximum absolute atomic E-state index is 14.0. The van der Waals surface area contributed by atoms with Crippen molar-refractivity contribution >= 4 is 34.6 Å². The predicted molar refractivity (Wildman–Crippen MR) is 94.4 cm³/mol. The fraction of sp³-hybridized carbons (Fsp3) is 0.0588. The van der Waals surface area contributed by atoms with Crippen molar-refractivity contribution in [1.82, 2.24) is 9.97 Å². The Labute approximate surface area is 155 Å². The molecule has 0 amide bonds. The van der Waals surface area contributed by atoms with E-state index in [1.165, 1.54) is 30.3 Å². The van der Waals surface area contributed by atoms with Crippen molar-refractivity contribution < 1.29 is 22.5 Å². The molecule has 1 aromatic heterocycles. The molecule has 2 heterocycles. The monoisotopic (exact) mass is 392 g/mol. The molecule has 1 aliphatic heterocycles. The molecule has 4 rings (SSSR count). The van der Waals surface area contributed by atoms with Crippen LogP contribution in [0, 0.1) is 5.82 Å². The average Bonchev–Trinajstić information content (AvgIpc) is 3.04. The summed E-state index contributed by atoms with van der Waals surface area (Å²) in [6.07, 6.45) is -4.43. The van der Waals surface area contributed by atoms with Crippen LogP contribution in [0.1, 0.15) is 5.56 Å². The van der Waals surface area contributed by atoms with Crippen molar-refractivity contribution in [3.05, 3.63) is 59.9 Å². The third-order valence-corrected chi connectivity index (χ3v) is 3.88. The number of rotatable bonds is 3. The quantitative estimate of drug-likeness (QED) is 0.571. The smallest absolute Gasteiger partial charge is 0.381 e. The topological polar surface area (TPSA) is 88.3 Å². The van der Waals surface area contributed by atoms with E-state index in [-0.39, 0.29) is 29.0 Å². The highest BCUT2D eigenvalue weighted by Gasteiger charge is 2.31. The van der Waals surface area contributed by atoms with E-state index in [0.717, 1.165) is 17.2 Å². The number of hydrogen-bond donors (Lipinski definition) is 3. The third kappa shape index (κ3) is 3.22. The van der Waals surface area contributed by atoms with Crippen LogP contribution in [0.2, 0.25) is 0 Å². The van der Waals surface area contributed by atoms with E-state index in [1.54, 1.807) is 6.07 Å². The molecule has 11 heteroatoms. The molecule has 4 N–H and O–H groups in total. The molecule has 0 spiro atoms. The lowest BCUT2D eigenvalue weighted by Crippen LogP contribution is -2.16. The first-order valence-corrected chi connectivity index (χ1v) is 7.92. The second-order valence-corrected chi connectivity index (χ2v) is 5.77. The zero-order chi connectivity index (χ0) is 19.9. The standard InChI is InChI=1S/C17H12F4N6O/c18-11-3-1-2-4-12(11)27-16-15(26-28-27)25-14(13(22)24-16)23-10-7-5-9(6-8-10)17(19,20)21/h1-8H,(H2,22,24)(H2,23,25,26). The molecular formula is C17H12F4N6O. The largest absolute Gasteiger partial charge is 0.416 e. The summed E-state index contributed by atoms with van der Waals surface area (Å²) in [6, 6.07) is 10.2. The minimum absolute atomic E-state index is 0.0488. The van der Waals surface area contributed by atoms with E-state index >= 15 is 0 Å². The zero-order valence-electron chi connectivity index (χ0n) is 14.0. The number of anilines is 6. The van der Waals surface area contributed by atoms with Crippen LogP contribution in [0.5, 0.6) is 0 Å². The lowest BCUT2D eigenvalue weighted by Gasteiger charge is -2.15. The number of para-hydroxylation sites is 1. The van der Waals surface area contributed by atoms with Crippen LogP contribution >= 0.6 is 0 Å². The van der Waals surface area contributed by atoms with Crippen LogP contribution < -0.4 is 21.6 Å². The minimum atomic E-state index is -4.43. The molecule has 0 bridgehead atoms. The summed E-state index contributed by atoms with van der Waals surface area (Å²) in [7, 11) is 0. The lowest BCUT2D eigenvalue weighted by atomic mass is 10.2. The Kier molecular flexibility index (Phi) is 4.15. The zero-order valence-corrected chi connectivity index (χ0v) is 14.0. The van der Waals surface area contributed by atoms with Gasteiger partial charge in [-0.15, -0.1) is 4.94 Å². The van der Waals surface area contributed by atoms with Gasteiger partial charge in [0.2, 0.25) is 5.82 Å². The van der Waals surface area contributed by atoms with Gasteiger partial charge < -0.3 is 11.1 Å². The van der Waals surface area contributed by atoms with Crippen molar-refractivity contribution in [2.24, 2.45) is 0 Å². The molecule has 144 valence electrons. The Morgan fingerprint density at radius 3 is 2.43 bits per heavy atom. The summed E-state index contributed by atoms with van der Waals surface area (Å²) in [5, 5.41) is 3.89. The van der Waals surface area contributed by atoms with E-state index < -0.39 is 17.6 Å². The Balaban J connectivity index is 1.61. The van der Waals surface area contributed by atoms with Crippen molar-refractivity contribution in [1.29, 1.82) is 0 Å². The average molecular weight is 392 g/mol. The van der Waals surface area contributed by atoms with Gasteiger partial charge in [0, 0.05) is 5.69 Å². The van der Waals surface area contributed by atoms with Crippen LogP contribution in [-0.4, -0.2) is 9.97 Å². The van der Waals surface area contributed by atoms with Gasteiger partial charge in [0.1, 0.15) is 11.5 Å². The van der Waals surface area contributed by atoms with Crippen LogP contribution in [0.3, 0.4) is 0 Å². The summed E-state index contributed by atoms with van der Waals surface area (Å²) in [6.45, 7) is 0. The van der Waals surface area contributed by atoms with Gasteiger partial charge in [-0.3, -0.25) is 0 Å². The molecule has 0 atom stereocenters. The fourth-order valence-corrected chi connectivity index (χ4v) is 2.53. The number of alkyl halides is 3. The first-order valence-electron chi connectivity index (χ1n) is 7.92. The normalized spacial score (nSPS) is 13.2. The number of hydrogen-bond acceptors (Lipinski definition) is 7. The summed E-state index contributed by atoms with van der Waals surface area (Å²) in [4.78, 5) is 13.6. The molecule has 2 aromatic carbocycles. The Morgan fingerprint density at radius 1 is 1.04 bits per heavy atom. The summed E-state index contributed by atoms with van der Waals surface area (Å²) in [5.41, 5.74) is 8.06. The maximum Gasteiger partial charge on any atom is 0.416 e. The van der Waals surface area contributed by atoms with Gasteiger partial charge in [-0.25, -0.2) is 19.8 Å². The molecule has 28 heavy (non-hydrogen) atoms. The lowest BCUT2D eigenvalue weighted by molar-refractivity contribution is -0.137. The number of nitrogens with two attached hydrogens (primary N) is 1. The van der Waals surface area contributed by atoms with E-state index in [0.29, 0.717) is 5.69 Å². The van der Waals surface area contributed by atoms with Crippen LogP contribution in [0.4, 0.5) is 52.2 Å². The molecule has 0 saturated heterocycles. The molecule has 3 aromatic rings. The minimum Gasteiger partial charge on any atom is -0.381 e. The molecular weight excluding hydrogens is 380 g/mol. The van der Waals surface area contributed by atoms with E-state index in [9.17, 15) is 17.6 Å². The summed E-state index contributed by atoms with van der Waals surface area (Å²) >= 11 is 0. The van der Waals surface area contributed by atoms with E-state index in [4.69, 9.17) is 10.7 Å². The Morgan fingerprint density at radius 2 is 1.75 bits per heavy atom. The summed E-state index contributed by atoms with van der Waals surface area (Å²) < 4.78 is 51.9. The molecule has 7 nitrogen and oxygen atoms in total. The van der Waals surface area contributed by atoms with Crippen molar-refractivity contribution in [3.63, 3.8) is 0 Å². The first kappa shape index (κ1) is 17.8. The van der Waals surface area contributed by atoms with Gasteiger partial charge >= 0.3 is 6.18 Å². The SMILES string of the molecule is Nc1nc2c(nc1Nc1ccc(C(F)(F)F)cc1)NON2c1ccccc1F. The first-order chi connectivity index (χ1) is 13.3. The number of nitrogens with zero attached hydrogens (tertiary/aromatic N) is 3. The van der Waals surface area contributed by atoms with Crippen LogP contribution in [0.15, 0.2) is 48.5 Å². The van der Waals surface area contributed by atoms with E-state index in [1.807, 2.05) is 0 Å². The molecule has 0 radical (unpaired) electrons. The van der Waals surface area contributed by atoms with Crippen molar-refractivity contribution in [3.8, 4) is 0 Å². The van der Waals surface area contributed by atoms with Crippen molar-refractivity contribution in [2.75, 3.05) is 21.6 Å². The van der Waals surface area contributed by atoms with Gasteiger partial charge in [0.05, 0.1) is 5.56 Å². The van der Waals surface area contributed by atoms with Gasteiger partial charge in [-0.05, 0) is 36.4 Å². The van der Waals surface area contributed by atoms with Crippen LogP contribution in [-0.2, 0) is 11.1 Å². The number of aromatic nitrogens is 2. The molecule has 1 aliphatic rings. The second kappa shape index (κ2) is 6.53. The van der Waals surface area contributed by atoms with E-state index in [2.05, 4.69) is 20.8 Å². The summed E-state index contributed by atoms with van der Waals surface area (Å²) in [5.74, 6) is -0.186. The molecule has 0 saturated carbocycles. The number of nitrogens with one attached hydrogen (secondary N) is 2. The third-order valence-electron chi connectivity index (χ3n) is 3.88.